The molecular formula is C17H14N6O2S. The highest BCUT2D eigenvalue weighted by molar-refractivity contribution is 7.14. The summed E-state index contributed by atoms with van der Waals surface area (Å²) in [6.07, 6.45) is 1.92. The van der Waals surface area contributed by atoms with Crippen LogP contribution >= 0.6 is 11.3 Å². The molecule has 0 saturated carbocycles. The molecule has 4 aromatic rings. The molecule has 3 aromatic heterocycles. The lowest BCUT2D eigenvalue weighted by atomic mass is 10.2. The summed E-state index contributed by atoms with van der Waals surface area (Å²) >= 11 is 1.34. The zero-order valence-corrected chi connectivity index (χ0v) is 14.4. The van der Waals surface area contributed by atoms with Crippen molar-refractivity contribution in [3.63, 3.8) is 0 Å². The standard InChI is InChI=1S/C17H14N6O2S/c24-15(20-17-19-14(10-26-17)13-6-3-8-18-13)7-9-23-16(25)11-4-1-2-5-12(11)21-22-23/h1-6,8,10,18H,7,9H2,(H,19,20,24). The molecule has 4 rings (SSSR count). The summed E-state index contributed by atoms with van der Waals surface area (Å²) in [5.74, 6) is -0.237. The van der Waals surface area contributed by atoms with Gasteiger partial charge < -0.3 is 10.3 Å². The van der Waals surface area contributed by atoms with Gasteiger partial charge in [-0.05, 0) is 24.3 Å². The molecule has 1 aromatic carbocycles. The molecule has 0 saturated heterocycles. The first-order valence-corrected chi connectivity index (χ1v) is 8.80. The van der Waals surface area contributed by atoms with E-state index in [1.54, 1.807) is 24.3 Å². The first-order valence-electron chi connectivity index (χ1n) is 7.92. The van der Waals surface area contributed by atoms with E-state index in [0.29, 0.717) is 16.0 Å². The van der Waals surface area contributed by atoms with Gasteiger partial charge in [0.2, 0.25) is 5.91 Å². The third-order valence-corrected chi connectivity index (χ3v) is 4.56. The topological polar surface area (TPSA) is 106 Å². The van der Waals surface area contributed by atoms with Gasteiger partial charge in [0.05, 0.1) is 23.3 Å². The number of H-pyrrole nitrogens is 1. The third kappa shape index (κ3) is 3.24. The SMILES string of the molecule is O=C(CCn1nnc2ccccc2c1=O)Nc1nc(-c2ccc[nH]2)cs1. The van der Waals surface area contributed by atoms with Crippen LogP contribution < -0.4 is 10.9 Å². The first-order chi connectivity index (χ1) is 12.7. The molecule has 3 heterocycles. The van der Waals surface area contributed by atoms with Gasteiger partial charge in [0.25, 0.3) is 5.56 Å². The number of aromatic nitrogens is 5. The fourth-order valence-electron chi connectivity index (χ4n) is 2.50. The van der Waals surface area contributed by atoms with Crippen LogP contribution in [0.5, 0.6) is 0 Å². The molecule has 8 nitrogen and oxygen atoms in total. The van der Waals surface area contributed by atoms with Crippen molar-refractivity contribution >= 4 is 33.3 Å². The molecule has 9 heteroatoms. The number of thiazole rings is 1. The summed E-state index contributed by atoms with van der Waals surface area (Å²) in [4.78, 5) is 31.9. The van der Waals surface area contributed by atoms with E-state index in [2.05, 4.69) is 25.6 Å². The average Bonchev–Trinajstić information content (AvgIpc) is 3.33. The number of carbonyl (C=O) groups excluding carboxylic acids is 1. The van der Waals surface area contributed by atoms with E-state index in [9.17, 15) is 9.59 Å². The van der Waals surface area contributed by atoms with Crippen molar-refractivity contribution in [2.75, 3.05) is 5.32 Å². The number of nitrogens with one attached hydrogen (secondary N) is 2. The van der Waals surface area contributed by atoms with Crippen LogP contribution in [-0.2, 0) is 11.3 Å². The van der Waals surface area contributed by atoms with E-state index in [1.165, 1.54) is 16.0 Å². The van der Waals surface area contributed by atoms with E-state index in [-0.39, 0.29) is 24.4 Å². The van der Waals surface area contributed by atoms with Crippen LogP contribution in [0.15, 0.2) is 52.8 Å². The van der Waals surface area contributed by atoms with Crippen LogP contribution in [0, 0.1) is 0 Å². The highest BCUT2D eigenvalue weighted by Crippen LogP contribution is 2.23. The molecule has 0 fully saturated rings. The van der Waals surface area contributed by atoms with Crippen molar-refractivity contribution in [2.24, 2.45) is 0 Å². The van der Waals surface area contributed by atoms with E-state index < -0.39 is 0 Å². The second kappa shape index (κ2) is 6.89. The highest BCUT2D eigenvalue weighted by Gasteiger charge is 2.10. The molecular weight excluding hydrogens is 352 g/mol. The maximum atomic E-state index is 12.3. The van der Waals surface area contributed by atoms with Gasteiger partial charge in [0.15, 0.2) is 5.13 Å². The van der Waals surface area contributed by atoms with Crippen molar-refractivity contribution in [2.45, 2.75) is 13.0 Å². The minimum Gasteiger partial charge on any atom is -0.360 e. The summed E-state index contributed by atoms with van der Waals surface area (Å²) in [5.41, 5.74) is 1.94. The fourth-order valence-corrected chi connectivity index (χ4v) is 3.23. The Morgan fingerprint density at radius 3 is 2.96 bits per heavy atom. The van der Waals surface area contributed by atoms with Crippen molar-refractivity contribution in [1.29, 1.82) is 0 Å². The summed E-state index contributed by atoms with van der Waals surface area (Å²) in [5, 5.41) is 13.5. The Morgan fingerprint density at radius 2 is 2.12 bits per heavy atom. The Bertz CT molecular complexity index is 1120. The quantitative estimate of drug-likeness (QED) is 0.564. The molecule has 26 heavy (non-hydrogen) atoms. The van der Waals surface area contributed by atoms with E-state index in [1.807, 2.05) is 23.7 Å². The summed E-state index contributed by atoms with van der Waals surface area (Å²) in [6.45, 7) is 0.150. The number of aromatic amines is 1. The van der Waals surface area contributed by atoms with Gasteiger partial charge in [0.1, 0.15) is 5.52 Å². The van der Waals surface area contributed by atoms with Crippen LogP contribution in [0.1, 0.15) is 6.42 Å². The average molecular weight is 366 g/mol. The number of anilines is 1. The fraction of sp³-hybridized carbons (Fsp3) is 0.118. The normalized spacial score (nSPS) is 10.9. The molecule has 2 N–H and O–H groups in total. The van der Waals surface area contributed by atoms with Gasteiger partial charge in [-0.1, -0.05) is 17.3 Å². The van der Waals surface area contributed by atoms with Gasteiger partial charge in [-0.25, -0.2) is 9.67 Å². The van der Waals surface area contributed by atoms with Crippen LogP contribution in [0.4, 0.5) is 5.13 Å². The predicted octanol–water partition coefficient (Wildman–Crippen LogP) is 2.27. The van der Waals surface area contributed by atoms with Gasteiger partial charge in [-0.3, -0.25) is 9.59 Å². The third-order valence-electron chi connectivity index (χ3n) is 3.80. The van der Waals surface area contributed by atoms with Crippen molar-refractivity contribution < 1.29 is 4.79 Å². The maximum Gasteiger partial charge on any atom is 0.277 e. The van der Waals surface area contributed by atoms with Crippen molar-refractivity contribution in [1.82, 2.24) is 25.0 Å². The molecule has 0 aliphatic carbocycles. The predicted molar refractivity (Wildman–Crippen MR) is 98.9 cm³/mol. The molecule has 1 amide bonds. The molecule has 130 valence electrons. The number of rotatable bonds is 5. The second-order valence-electron chi connectivity index (χ2n) is 5.55. The zero-order valence-electron chi connectivity index (χ0n) is 13.5. The molecule has 0 bridgehead atoms. The lowest BCUT2D eigenvalue weighted by molar-refractivity contribution is -0.116. The second-order valence-corrected chi connectivity index (χ2v) is 6.41. The van der Waals surface area contributed by atoms with Gasteiger partial charge in [0, 0.05) is 18.0 Å². The summed E-state index contributed by atoms with van der Waals surface area (Å²) < 4.78 is 1.20. The highest BCUT2D eigenvalue weighted by atomic mass is 32.1. The summed E-state index contributed by atoms with van der Waals surface area (Å²) in [6, 6.07) is 10.8. The number of aryl methyl sites for hydroxylation is 1. The first kappa shape index (κ1) is 16.2. The maximum absolute atomic E-state index is 12.3. The number of hydrogen-bond acceptors (Lipinski definition) is 6. The Labute approximate surface area is 151 Å². The monoisotopic (exact) mass is 366 g/mol. The van der Waals surface area contributed by atoms with Crippen molar-refractivity contribution in [3.8, 4) is 11.4 Å². The van der Waals surface area contributed by atoms with Crippen LogP contribution in [0.2, 0.25) is 0 Å². The largest absolute Gasteiger partial charge is 0.360 e. The Hall–Kier alpha value is -3.33. The van der Waals surface area contributed by atoms with Gasteiger partial charge in [-0.15, -0.1) is 16.4 Å². The molecule has 0 unspecified atom stereocenters. The number of hydrogen-bond donors (Lipinski definition) is 2. The van der Waals surface area contributed by atoms with Crippen LogP contribution in [-0.4, -0.2) is 30.9 Å². The molecule has 0 atom stereocenters. The Morgan fingerprint density at radius 1 is 1.23 bits per heavy atom. The Kier molecular flexibility index (Phi) is 4.28. The van der Waals surface area contributed by atoms with E-state index >= 15 is 0 Å². The van der Waals surface area contributed by atoms with Crippen LogP contribution in [0.25, 0.3) is 22.3 Å². The molecule has 0 radical (unpaired) electrons. The van der Waals surface area contributed by atoms with E-state index in [4.69, 9.17) is 0 Å². The number of amides is 1. The lowest BCUT2D eigenvalue weighted by Gasteiger charge is -2.04. The molecule has 0 aliphatic heterocycles. The molecule has 0 aliphatic rings. The minimum atomic E-state index is -0.258. The number of benzene rings is 1. The molecule has 0 spiro atoms. The number of fused-ring (bicyclic) bond motifs is 1. The summed E-state index contributed by atoms with van der Waals surface area (Å²) in [7, 11) is 0. The van der Waals surface area contributed by atoms with Crippen molar-refractivity contribution in [3.05, 3.63) is 58.3 Å². The lowest BCUT2D eigenvalue weighted by Crippen LogP contribution is -2.26. The number of nitrogens with zero attached hydrogens (tertiary/aromatic N) is 4. The Balaban J connectivity index is 1.41. The van der Waals surface area contributed by atoms with E-state index in [0.717, 1.165) is 11.4 Å². The van der Waals surface area contributed by atoms with Crippen LogP contribution in [0.3, 0.4) is 0 Å². The zero-order chi connectivity index (χ0) is 17.9. The minimum absolute atomic E-state index is 0.102. The van der Waals surface area contributed by atoms with Gasteiger partial charge in [-0.2, -0.15) is 0 Å². The van der Waals surface area contributed by atoms with Gasteiger partial charge >= 0.3 is 0 Å². The smallest absolute Gasteiger partial charge is 0.277 e. The number of carbonyl (C=O) groups is 1.